The number of ketones is 1. The molecule has 4 aliphatic heterocycles. The lowest BCUT2D eigenvalue weighted by molar-refractivity contribution is -0.319. The van der Waals surface area contributed by atoms with E-state index in [1.165, 1.54) is 18.9 Å². The molecular weight excluding hydrogens is 1090 g/mol. The summed E-state index contributed by atoms with van der Waals surface area (Å²) in [5, 5.41) is 22.6. The summed E-state index contributed by atoms with van der Waals surface area (Å²) < 4.78 is 64.8. The van der Waals surface area contributed by atoms with Crippen LogP contribution in [0.2, 0.25) is 0 Å². The molecule has 20 heteroatoms. The maximum Gasteiger partial charge on any atom is 0.320 e. The Kier molecular flexibility index (Phi) is 22.7. The Morgan fingerprint density at radius 1 is 0.867 bits per heavy atom. The molecule has 5 heterocycles. The highest BCUT2D eigenvalue weighted by Gasteiger charge is 2.62. The number of esters is 2. The topological polar surface area (TPSA) is 220 Å². The van der Waals surface area contributed by atoms with Crippen LogP contribution < -0.4 is 14.4 Å². The van der Waals surface area contributed by atoms with Crippen molar-refractivity contribution in [3.8, 4) is 11.5 Å². The molecule has 2 N–H and O–H groups in total. The summed E-state index contributed by atoms with van der Waals surface area (Å²) in [6.45, 7) is 23.3. The third-order valence-corrected chi connectivity index (χ3v) is 19.9. The molecule has 19 atom stereocenters. The van der Waals surface area contributed by atoms with Gasteiger partial charge < -0.3 is 67.4 Å². The largest absolute Gasteiger partial charge is 0.493 e. The Morgan fingerprint density at radius 3 is 2.17 bits per heavy atom. The molecule has 1 amide bonds. The molecule has 1 saturated carbocycles. The summed E-state index contributed by atoms with van der Waals surface area (Å²) in [5.74, 6) is -4.31. The Balaban J connectivity index is 1.27. The molecule has 1 aromatic heterocycles. The Bertz CT molecular complexity index is 2490. The van der Waals surface area contributed by atoms with Gasteiger partial charge in [0.05, 0.1) is 54.7 Å². The van der Waals surface area contributed by atoms with Gasteiger partial charge in [0.15, 0.2) is 29.7 Å². The maximum absolute atomic E-state index is 15.5. The molecule has 1 aromatic carbocycles. The molecule has 1 aliphatic carbocycles. The van der Waals surface area contributed by atoms with Crippen molar-refractivity contribution < 1.29 is 76.8 Å². The minimum absolute atomic E-state index is 0.0209. The van der Waals surface area contributed by atoms with Crippen molar-refractivity contribution in [3.05, 3.63) is 48.3 Å². The fourth-order valence-corrected chi connectivity index (χ4v) is 15.4. The minimum atomic E-state index is -1.51. The van der Waals surface area contributed by atoms with Crippen LogP contribution in [0.15, 0.2) is 42.7 Å². The average Bonchev–Trinajstić information content (AvgIpc) is 2.34. The third kappa shape index (κ3) is 14.7. The van der Waals surface area contributed by atoms with Gasteiger partial charge in [-0.3, -0.25) is 24.2 Å². The van der Waals surface area contributed by atoms with Crippen LogP contribution in [0.4, 0.5) is 5.69 Å². The first-order valence-electron chi connectivity index (χ1n) is 30.2. The van der Waals surface area contributed by atoms with E-state index in [0.29, 0.717) is 35.1 Å². The number of fused-ring (bicyclic) bond motifs is 1. The maximum atomic E-state index is 15.5. The van der Waals surface area contributed by atoms with Gasteiger partial charge in [-0.15, -0.1) is 11.8 Å². The molecule has 0 bridgehead atoms. The van der Waals surface area contributed by atoms with E-state index in [-0.39, 0.29) is 61.5 Å². The number of thioether (sulfide) groups is 1. The summed E-state index contributed by atoms with van der Waals surface area (Å²) in [5.41, 5.74) is -2.94. The number of methoxy groups -OCH3 is 3. The number of benzene rings is 1. The van der Waals surface area contributed by atoms with Crippen molar-refractivity contribution in [1.29, 1.82) is 0 Å². The number of hydrogen-bond acceptors (Lipinski definition) is 19. The van der Waals surface area contributed by atoms with E-state index in [4.69, 9.17) is 47.4 Å². The van der Waals surface area contributed by atoms with Gasteiger partial charge >= 0.3 is 11.9 Å². The van der Waals surface area contributed by atoms with Crippen molar-refractivity contribution in [2.24, 2.45) is 35.5 Å². The van der Waals surface area contributed by atoms with Crippen LogP contribution in [0.1, 0.15) is 145 Å². The SMILES string of the molecule is CC[C@H]1OC(=O)[C@H](C)[C@@H](O[C@H]2C[C@@](C)(OC)[C@@H](O)[C@H](C)O2)[C@H](C)[C@@H](O[C@@H]2O[C@H](C)C[C@H](N(C)CC(C)C)[C@H]2O)[C@](C)(OC)C[C@@H](C)C(=O)[C@H](C)[C@H]2[C@H](SCCN(C(=O)c3ccncc3)c3ccc(OC)c(OC4CCCC4)c3)C(=O)O[C@@]21C. The van der Waals surface area contributed by atoms with Gasteiger partial charge in [-0.1, -0.05) is 41.5 Å². The van der Waals surface area contributed by atoms with Gasteiger partial charge in [0.25, 0.3) is 5.91 Å². The molecule has 7 rings (SSSR count). The van der Waals surface area contributed by atoms with Gasteiger partial charge in [-0.25, -0.2) is 0 Å². The number of aromatic nitrogens is 1. The van der Waals surface area contributed by atoms with Gasteiger partial charge in [-0.05, 0) is 124 Å². The number of aliphatic hydroxyl groups excluding tert-OH is 2. The molecule has 2 aromatic rings. The van der Waals surface area contributed by atoms with Gasteiger partial charge in [0.1, 0.15) is 29.3 Å². The molecule has 83 heavy (non-hydrogen) atoms. The number of likely N-dealkylation sites (N-methyl/N-ethyl adjacent to an activating group) is 1. The summed E-state index contributed by atoms with van der Waals surface area (Å²) in [4.78, 5) is 68.1. The Morgan fingerprint density at radius 2 is 1.54 bits per heavy atom. The highest BCUT2D eigenvalue weighted by molar-refractivity contribution is 8.00. The number of pyridine rings is 1. The quantitative estimate of drug-likeness (QED) is 0.126. The first-order chi connectivity index (χ1) is 39.2. The number of carbonyl (C=O) groups is 4. The number of ether oxygens (including phenoxy) is 10. The normalized spacial score (nSPS) is 37.7. The monoisotopic (exact) mass is 1180 g/mol. The number of carbonyl (C=O) groups excluding carboxylic acids is 4. The molecule has 466 valence electrons. The first kappa shape index (κ1) is 66.6. The van der Waals surface area contributed by atoms with E-state index in [1.54, 1.807) is 77.4 Å². The van der Waals surface area contributed by atoms with E-state index < -0.39 is 113 Å². The van der Waals surface area contributed by atoms with E-state index in [1.807, 2.05) is 60.7 Å². The minimum Gasteiger partial charge on any atom is -0.493 e. The molecule has 5 fully saturated rings. The number of amides is 1. The molecule has 5 aliphatic rings. The van der Waals surface area contributed by atoms with Crippen molar-refractivity contribution >= 4 is 41.1 Å². The Hall–Kier alpha value is -3.96. The third-order valence-electron chi connectivity index (χ3n) is 18.7. The number of anilines is 1. The highest BCUT2D eigenvalue weighted by atomic mass is 32.2. The van der Waals surface area contributed by atoms with E-state index in [9.17, 15) is 19.8 Å². The van der Waals surface area contributed by atoms with Crippen molar-refractivity contribution in [2.75, 3.05) is 52.1 Å². The fraction of sp³-hybridized carbons (Fsp3) is 0.762. The van der Waals surface area contributed by atoms with E-state index >= 15 is 9.59 Å². The van der Waals surface area contributed by atoms with E-state index in [2.05, 4.69) is 23.7 Å². The van der Waals surface area contributed by atoms with Crippen molar-refractivity contribution in [2.45, 2.75) is 224 Å². The second-order valence-electron chi connectivity index (χ2n) is 25.3. The summed E-state index contributed by atoms with van der Waals surface area (Å²) in [6, 6.07) is 8.40. The lowest BCUT2D eigenvalue weighted by Gasteiger charge is -2.50. The lowest BCUT2D eigenvalue weighted by Crippen LogP contribution is -2.61. The lowest BCUT2D eigenvalue weighted by atomic mass is 9.70. The van der Waals surface area contributed by atoms with Crippen molar-refractivity contribution in [3.63, 3.8) is 0 Å². The molecule has 0 unspecified atom stereocenters. The standard InChI is InChI=1S/C63H97N3O16S/c1-17-48-63(12)50(54(59(72)82-63)83-29-28-66(57(70)42-24-26-64-27-25-42)43-22-23-46(73-14)47(31-43)78-44-20-18-19-21-44)38(6)51(67)36(4)32-62(11,75-16)56(81-60-52(68)45(30-37(5)76-60)65(13)34-35(2)3)39(7)53(40(8)58(71)79-48)80-49-33-61(10,74-15)55(69)41(9)77-49/h22-27,31,35-41,44-45,48-50,52-56,60,68-69H,17-21,28-30,32-34H2,1-16H3/t36-,37-,38-,39+,40-,41+,45+,48-,49+,50+,52-,53+,54+,55+,56-,60+,61-,62-,63-/m1/s1. The van der Waals surface area contributed by atoms with Crippen LogP contribution >= 0.6 is 11.8 Å². The number of Topliss-reactive ketones (excluding diaryl/α,β-unsaturated/α-hetero) is 1. The number of aliphatic hydroxyl groups is 2. The molecule has 0 spiro atoms. The second-order valence-corrected chi connectivity index (χ2v) is 26.6. The van der Waals surface area contributed by atoms with Gasteiger partial charge in [0, 0.05) is 98.9 Å². The van der Waals surface area contributed by atoms with Crippen LogP contribution in [-0.4, -0.2) is 180 Å². The zero-order valence-electron chi connectivity index (χ0n) is 52.1. The average molecular weight is 1180 g/mol. The number of rotatable bonds is 19. The number of nitrogens with zero attached hydrogens (tertiary/aromatic N) is 3. The van der Waals surface area contributed by atoms with Crippen LogP contribution in [0.5, 0.6) is 11.5 Å². The smallest absolute Gasteiger partial charge is 0.320 e. The predicted octanol–water partition coefficient (Wildman–Crippen LogP) is 8.46. The summed E-state index contributed by atoms with van der Waals surface area (Å²) in [7, 11) is 6.64. The molecule has 0 radical (unpaired) electrons. The van der Waals surface area contributed by atoms with Crippen LogP contribution in [0.3, 0.4) is 0 Å². The summed E-state index contributed by atoms with van der Waals surface area (Å²) >= 11 is 1.29. The molecule has 4 saturated heterocycles. The summed E-state index contributed by atoms with van der Waals surface area (Å²) in [6.07, 6.45) is -0.346. The number of hydrogen-bond donors (Lipinski definition) is 2. The van der Waals surface area contributed by atoms with Gasteiger partial charge in [-0.2, -0.15) is 0 Å². The Labute approximate surface area is 497 Å². The van der Waals surface area contributed by atoms with Crippen LogP contribution in [0.25, 0.3) is 0 Å². The fourth-order valence-electron chi connectivity index (χ4n) is 13.9. The van der Waals surface area contributed by atoms with Crippen LogP contribution in [0, 0.1) is 35.5 Å². The first-order valence-corrected chi connectivity index (χ1v) is 31.2. The predicted molar refractivity (Wildman–Crippen MR) is 314 cm³/mol. The van der Waals surface area contributed by atoms with E-state index in [0.717, 1.165) is 32.2 Å². The van der Waals surface area contributed by atoms with Gasteiger partial charge in [0.2, 0.25) is 0 Å². The van der Waals surface area contributed by atoms with Crippen molar-refractivity contribution in [1.82, 2.24) is 9.88 Å². The highest BCUT2D eigenvalue weighted by Crippen LogP contribution is 2.50. The van der Waals surface area contributed by atoms with Crippen LogP contribution in [-0.2, 0) is 52.3 Å². The molecular formula is C63H97N3O16S. The molecule has 19 nitrogen and oxygen atoms in total. The number of cyclic esters (lactones) is 1. The zero-order valence-corrected chi connectivity index (χ0v) is 52.9. The second kappa shape index (κ2) is 28.3. The zero-order chi connectivity index (χ0) is 60.9.